The van der Waals surface area contributed by atoms with Crippen molar-refractivity contribution in [1.82, 2.24) is 0 Å². The number of carbonyl (C=O) groups is 1. The van der Waals surface area contributed by atoms with Crippen LogP contribution in [0.3, 0.4) is 0 Å². The number of nitrogens with one attached hydrogen (secondary N) is 1. The topological polar surface area (TPSA) is 47.6 Å². The highest BCUT2D eigenvalue weighted by molar-refractivity contribution is 6.35. The molecule has 1 heterocycles. The molecule has 0 saturated heterocycles. The van der Waals surface area contributed by atoms with Gasteiger partial charge in [0.05, 0.1) is 0 Å². The van der Waals surface area contributed by atoms with Gasteiger partial charge < -0.3 is 14.8 Å². The third kappa shape index (κ3) is 4.30. The minimum absolute atomic E-state index is 0.0989. The van der Waals surface area contributed by atoms with Crippen molar-refractivity contribution in [2.45, 2.75) is 12.8 Å². The molecule has 1 amide bonds. The Morgan fingerprint density at radius 2 is 1.70 bits per heavy atom. The largest absolute Gasteiger partial charge is 0.486 e. The molecule has 0 radical (unpaired) electrons. The molecule has 4 nitrogen and oxygen atoms in total. The lowest BCUT2D eigenvalue weighted by molar-refractivity contribution is -0.116. The number of hydrogen-bond donors (Lipinski definition) is 1. The van der Waals surface area contributed by atoms with Gasteiger partial charge in [0.1, 0.15) is 13.2 Å². The first-order valence-corrected chi connectivity index (χ1v) is 8.00. The summed E-state index contributed by atoms with van der Waals surface area (Å²) in [4.78, 5) is 12.0. The summed E-state index contributed by atoms with van der Waals surface area (Å²) in [7, 11) is 0. The zero-order chi connectivity index (χ0) is 16.2. The Kier molecular flexibility index (Phi) is 4.94. The van der Waals surface area contributed by atoms with Gasteiger partial charge in [-0.2, -0.15) is 0 Å². The van der Waals surface area contributed by atoms with Gasteiger partial charge in [0.15, 0.2) is 11.5 Å². The number of fused-ring (bicyclic) bond motifs is 1. The molecule has 120 valence electrons. The maximum absolute atomic E-state index is 12.0. The van der Waals surface area contributed by atoms with Crippen LogP contribution in [-0.2, 0) is 11.2 Å². The number of benzene rings is 2. The van der Waals surface area contributed by atoms with Crippen molar-refractivity contribution in [2.24, 2.45) is 0 Å². The molecule has 0 unspecified atom stereocenters. The van der Waals surface area contributed by atoms with Crippen molar-refractivity contribution in [1.29, 1.82) is 0 Å². The molecule has 1 aliphatic rings. The fourth-order valence-electron chi connectivity index (χ4n) is 2.35. The van der Waals surface area contributed by atoms with Crippen LogP contribution in [0, 0.1) is 0 Å². The molecule has 0 atom stereocenters. The Morgan fingerprint density at radius 3 is 2.43 bits per heavy atom. The summed E-state index contributed by atoms with van der Waals surface area (Å²) in [6.45, 7) is 1.11. The summed E-state index contributed by atoms with van der Waals surface area (Å²) in [5.41, 5.74) is 1.61. The van der Waals surface area contributed by atoms with Crippen LogP contribution in [0.25, 0.3) is 0 Å². The number of anilines is 1. The van der Waals surface area contributed by atoms with E-state index >= 15 is 0 Å². The van der Waals surface area contributed by atoms with E-state index in [0.717, 1.165) is 17.1 Å². The van der Waals surface area contributed by atoms with E-state index < -0.39 is 0 Å². The van der Waals surface area contributed by atoms with E-state index in [0.29, 0.717) is 41.8 Å². The first-order chi connectivity index (χ1) is 11.1. The van der Waals surface area contributed by atoms with Crippen LogP contribution in [0.4, 0.5) is 5.69 Å². The van der Waals surface area contributed by atoms with E-state index in [1.807, 2.05) is 18.2 Å². The van der Waals surface area contributed by atoms with E-state index in [4.69, 9.17) is 32.7 Å². The Morgan fingerprint density at radius 1 is 1.00 bits per heavy atom. The van der Waals surface area contributed by atoms with Gasteiger partial charge in [-0.15, -0.1) is 0 Å². The number of hydrogen-bond acceptors (Lipinski definition) is 3. The van der Waals surface area contributed by atoms with Crippen LogP contribution < -0.4 is 14.8 Å². The Balaban J connectivity index is 1.58. The average Bonchev–Trinajstić information content (AvgIpc) is 2.52. The van der Waals surface area contributed by atoms with Crippen molar-refractivity contribution in [3.63, 3.8) is 0 Å². The van der Waals surface area contributed by atoms with Gasteiger partial charge in [-0.3, -0.25) is 4.79 Å². The van der Waals surface area contributed by atoms with Gasteiger partial charge >= 0.3 is 0 Å². The number of aryl methyl sites for hydroxylation is 1. The summed E-state index contributed by atoms with van der Waals surface area (Å²) in [5, 5.41) is 3.76. The van der Waals surface area contributed by atoms with E-state index in [-0.39, 0.29) is 5.91 Å². The molecule has 1 aliphatic heterocycles. The third-order valence-electron chi connectivity index (χ3n) is 3.39. The molecule has 0 spiro atoms. The summed E-state index contributed by atoms with van der Waals surface area (Å²) in [6, 6.07) is 10.7. The Bertz CT molecular complexity index is 714. The second-order valence-corrected chi connectivity index (χ2v) is 6.06. The molecular formula is C17H15Cl2NO3. The highest BCUT2D eigenvalue weighted by Gasteiger charge is 2.12. The van der Waals surface area contributed by atoms with E-state index in [1.54, 1.807) is 18.2 Å². The van der Waals surface area contributed by atoms with Gasteiger partial charge in [0, 0.05) is 22.2 Å². The SMILES string of the molecule is O=C(CCc1ccc2c(c1)OCCO2)Nc1cc(Cl)cc(Cl)c1. The Hall–Kier alpha value is -1.91. The van der Waals surface area contributed by atoms with Crippen molar-refractivity contribution in [3.8, 4) is 11.5 Å². The molecule has 0 bridgehead atoms. The predicted octanol–water partition coefficient (Wildman–Crippen LogP) is 4.34. The maximum atomic E-state index is 12.0. The molecular weight excluding hydrogens is 337 g/mol. The number of carbonyl (C=O) groups excluding carboxylic acids is 1. The molecule has 0 fully saturated rings. The molecule has 0 saturated carbocycles. The van der Waals surface area contributed by atoms with Crippen LogP contribution in [0.2, 0.25) is 10.0 Å². The highest BCUT2D eigenvalue weighted by Crippen LogP contribution is 2.31. The lowest BCUT2D eigenvalue weighted by Crippen LogP contribution is -2.15. The molecule has 0 aliphatic carbocycles. The quantitative estimate of drug-likeness (QED) is 0.891. The molecule has 3 rings (SSSR count). The van der Waals surface area contributed by atoms with Gasteiger partial charge in [-0.05, 0) is 42.3 Å². The normalized spacial score (nSPS) is 12.8. The first-order valence-electron chi connectivity index (χ1n) is 7.24. The summed E-state index contributed by atoms with van der Waals surface area (Å²) in [5.74, 6) is 1.38. The molecule has 6 heteroatoms. The van der Waals surface area contributed by atoms with E-state index in [2.05, 4.69) is 5.32 Å². The zero-order valence-electron chi connectivity index (χ0n) is 12.3. The minimum atomic E-state index is -0.0989. The average molecular weight is 352 g/mol. The van der Waals surface area contributed by atoms with Crippen molar-refractivity contribution in [3.05, 3.63) is 52.0 Å². The van der Waals surface area contributed by atoms with Gasteiger partial charge in [0.2, 0.25) is 5.91 Å². The minimum Gasteiger partial charge on any atom is -0.486 e. The molecule has 1 N–H and O–H groups in total. The lowest BCUT2D eigenvalue weighted by atomic mass is 10.1. The highest BCUT2D eigenvalue weighted by atomic mass is 35.5. The van der Waals surface area contributed by atoms with Crippen LogP contribution in [0.5, 0.6) is 11.5 Å². The molecule has 0 aromatic heterocycles. The van der Waals surface area contributed by atoms with Crippen LogP contribution in [-0.4, -0.2) is 19.1 Å². The van der Waals surface area contributed by atoms with Crippen LogP contribution in [0.15, 0.2) is 36.4 Å². The van der Waals surface area contributed by atoms with E-state index in [1.165, 1.54) is 0 Å². The predicted molar refractivity (Wildman–Crippen MR) is 90.8 cm³/mol. The summed E-state index contributed by atoms with van der Waals surface area (Å²) >= 11 is 11.8. The third-order valence-corrected chi connectivity index (χ3v) is 3.83. The lowest BCUT2D eigenvalue weighted by Gasteiger charge is -2.18. The second-order valence-electron chi connectivity index (χ2n) is 5.18. The first kappa shape index (κ1) is 16.0. The Labute approximate surface area is 144 Å². The summed E-state index contributed by atoms with van der Waals surface area (Å²) in [6.07, 6.45) is 0.959. The van der Waals surface area contributed by atoms with Crippen molar-refractivity contribution in [2.75, 3.05) is 18.5 Å². The molecule has 23 heavy (non-hydrogen) atoms. The van der Waals surface area contributed by atoms with Crippen LogP contribution >= 0.6 is 23.2 Å². The fourth-order valence-corrected chi connectivity index (χ4v) is 2.88. The number of rotatable bonds is 4. The summed E-state index contributed by atoms with van der Waals surface area (Å²) < 4.78 is 11.0. The standard InChI is InChI=1S/C17H15Cl2NO3/c18-12-8-13(19)10-14(9-12)20-17(21)4-2-11-1-3-15-16(7-11)23-6-5-22-15/h1,3,7-10H,2,4-6H2,(H,20,21). The molecule has 2 aromatic rings. The van der Waals surface area contributed by atoms with Gasteiger partial charge in [-0.25, -0.2) is 0 Å². The van der Waals surface area contributed by atoms with Crippen molar-refractivity contribution < 1.29 is 14.3 Å². The number of amides is 1. The fraction of sp³-hybridized carbons (Fsp3) is 0.235. The number of ether oxygens (including phenoxy) is 2. The smallest absolute Gasteiger partial charge is 0.224 e. The number of halogens is 2. The van der Waals surface area contributed by atoms with Gasteiger partial charge in [-0.1, -0.05) is 29.3 Å². The van der Waals surface area contributed by atoms with E-state index in [9.17, 15) is 4.79 Å². The van der Waals surface area contributed by atoms with Crippen molar-refractivity contribution >= 4 is 34.8 Å². The molecule has 2 aromatic carbocycles. The van der Waals surface area contributed by atoms with Crippen LogP contribution in [0.1, 0.15) is 12.0 Å². The maximum Gasteiger partial charge on any atom is 0.224 e. The monoisotopic (exact) mass is 351 g/mol. The second kappa shape index (κ2) is 7.11. The van der Waals surface area contributed by atoms with Gasteiger partial charge in [0.25, 0.3) is 0 Å². The zero-order valence-corrected chi connectivity index (χ0v) is 13.8.